The Morgan fingerprint density at radius 3 is 2.53 bits per heavy atom. The summed E-state index contributed by atoms with van der Waals surface area (Å²) in [4.78, 5) is 0. The van der Waals surface area contributed by atoms with Gasteiger partial charge in [-0.05, 0) is 18.2 Å². The van der Waals surface area contributed by atoms with Crippen molar-refractivity contribution >= 4 is 0 Å². The minimum Gasteiger partial charge on any atom is -0.434 e. The highest BCUT2D eigenvalue weighted by Gasteiger charge is 2.33. The highest BCUT2D eigenvalue weighted by atomic mass is 19.4. The summed E-state index contributed by atoms with van der Waals surface area (Å²) in [6.45, 7) is 0. The molecule has 1 N–H and O–H groups in total. The summed E-state index contributed by atoms with van der Waals surface area (Å²) in [7, 11) is 0. The third-order valence-corrected chi connectivity index (χ3v) is 2.14. The van der Waals surface area contributed by atoms with E-state index in [9.17, 15) is 17.6 Å². The molecule has 0 aliphatic carbocycles. The molecule has 1 aromatic carbocycles. The van der Waals surface area contributed by atoms with Gasteiger partial charge in [-0.2, -0.15) is 18.4 Å². The summed E-state index contributed by atoms with van der Waals surface area (Å²) < 4.78 is 55.1. The summed E-state index contributed by atoms with van der Waals surface area (Å²) >= 11 is 0. The SMILES string of the molecule is N#Cc1ccc(Oc2cc(C(F)(F)F)[nH]n2)c(F)c1. The molecule has 0 aliphatic rings. The Balaban J connectivity index is 2.22. The van der Waals surface area contributed by atoms with Crippen LogP contribution >= 0.6 is 0 Å². The monoisotopic (exact) mass is 271 g/mol. The zero-order chi connectivity index (χ0) is 14.0. The van der Waals surface area contributed by atoms with Crippen molar-refractivity contribution in [3.63, 3.8) is 0 Å². The zero-order valence-corrected chi connectivity index (χ0v) is 9.12. The van der Waals surface area contributed by atoms with E-state index in [1.807, 2.05) is 0 Å². The molecule has 0 aliphatic heterocycles. The van der Waals surface area contributed by atoms with E-state index in [0.717, 1.165) is 12.1 Å². The van der Waals surface area contributed by atoms with Gasteiger partial charge in [0.1, 0.15) is 5.69 Å². The van der Waals surface area contributed by atoms with Gasteiger partial charge < -0.3 is 4.74 Å². The van der Waals surface area contributed by atoms with E-state index in [4.69, 9.17) is 10.00 Å². The Kier molecular flexibility index (Phi) is 3.12. The maximum atomic E-state index is 13.4. The van der Waals surface area contributed by atoms with Crippen molar-refractivity contribution in [2.24, 2.45) is 0 Å². The second kappa shape index (κ2) is 4.61. The molecule has 0 atom stereocenters. The molecule has 4 nitrogen and oxygen atoms in total. The van der Waals surface area contributed by atoms with Gasteiger partial charge >= 0.3 is 6.18 Å². The molecule has 0 spiro atoms. The fourth-order valence-corrected chi connectivity index (χ4v) is 1.27. The number of nitriles is 1. The van der Waals surface area contributed by atoms with Gasteiger partial charge in [0.25, 0.3) is 0 Å². The Morgan fingerprint density at radius 2 is 2.00 bits per heavy atom. The first kappa shape index (κ1) is 12.9. The number of rotatable bonds is 2. The Bertz CT molecular complexity index is 642. The molecule has 0 radical (unpaired) electrons. The Labute approximate surface area is 104 Å². The van der Waals surface area contributed by atoms with Gasteiger partial charge in [-0.1, -0.05) is 0 Å². The quantitative estimate of drug-likeness (QED) is 0.853. The van der Waals surface area contributed by atoms with Crippen LogP contribution in [0.15, 0.2) is 24.3 Å². The predicted molar refractivity (Wildman–Crippen MR) is 54.8 cm³/mol. The van der Waals surface area contributed by atoms with Gasteiger partial charge in [-0.25, -0.2) is 4.39 Å². The largest absolute Gasteiger partial charge is 0.434 e. The average Bonchev–Trinajstić information content (AvgIpc) is 2.80. The number of hydrogen-bond donors (Lipinski definition) is 1. The summed E-state index contributed by atoms with van der Waals surface area (Å²) in [5.74, 6) is -1.61. The molecule has 0 unspecified atom stereocenters. The molecule has 0 bridgehead atoms. The van der Waals surface area contributed by atoms with Crippen molar-refractivity contribution in [3.05, 3.63) is 41.3 Å². The molecule has 2 rings (SSSR count). The van der Waals surface area contributed by atoms with Crippen LogP contribution in [0.25, 0.3) is 0 Å². The van der Waals surface area contributed by atoms with Crippen molar-refractivity contribution < 1.29 is 22.3 Å². The number of H-pyrrole nitrogens is 1. The molecule has 19 heavy (non-hydrogen) atoms. The van der Waals surface area contributed by atoms with E-state index in [0.29, 0.717) is 6.07 Å². The van der Waals surface area contributed by atoms with E-state index in [-0.39, 0.29) is 11.3 Å². The second-order valence-electron chi connectivity index (χ2n) is 3.48. The van der Waals surface area contributed by atoms with Crippen LogP contribution in [0.1, 0.15) is 11.3 Å². The lowest BCUT2D eigenvalue weighted by Crippen LogP contribution is -2.04. The van der Waals surface area contributed by atoms with Crippen molar-refractivity contribution in [1.82, 2.24) is 10.2 Å². The Hall–Kier alpha value is -2.56. The molecule has 1 aromatic heterocycles. The first-order valence-corrected chi connectivity index (χ1v) is 4.90. The number of benzene rings is 1. The minimum atomic E-state index is -4.59. The van der Waals surface area contributed by atoms with E-state index >= 15 is 0 Å². The fraction of sp³-hybridized carbons (Fsp3) is 0.0909. The van der Waals surface area contributed by atoms with Gasteiger partial charge in [-0.15, -0.1) is 5.10 Å². The summed E-state index contributed by atoms with van der Waals surface area (Å²) in [6.07, 6.45) is -4.59. The number of alkyl halides is 3. The highest BCUT2D eigenvalue weighted by molar-refractivity contribution is 5.37. The van der Waals surface area contributed by atoms with E-state index < -0.39 is 23.6 Å². The van der Waals surface area contributed by atoms with Crippen LogP contribution in [-0.2, 0) is 6.18 Å². The third kappa shape index (κ3) is 2.82. The van der Waals surface area contributed by atoms with Crippen molar-refractivity contribution in [2.75, 3.05) is 0 Å². The molecule has 8 heteroatoms. The average molecular weight is 271 g/mol. The summed E-state index contributed by atoms with van der Waals surface area (Å²) in [6, 6.07) is 5.64. The summed E-state index contributed by atoms with van der Waals surface area (Å²) in [5.41, 5.74) is -1.03. The van der Waals surface area contributed by atoms with Crippen LogP contribution in [0.2, 0.25) is 0 Å². The molecule has 0 saturated carbocycles. The van der Waals surface area contributed by atoms with Crippen LogP contribution in [0.5, 0.6) is 11.6 Å². The van der Waals surface area contributed by atoms with Crippen LogP contribution in [0.4, 0.5) is 17.6 Å². The second-order valence-corrected chi connectivity index (χ2v) is 3.48. The lowest BCUT2D eigenvalue weighted by molar-refractivity contribution is -0.141. The van der Waals surface area contributed by atoms with E-state index in [2.05, 4.69) is 5.10 Å². The van der Waals surface area contributed by atoms with Gasteiger partial charge in [0.05, 0.1) is 11.6 Å². The standard InChI is InChI=1S/C11H5F4N3O/c12-7-3-6(5-16)1-2-8(7)19-10-4-9(17-18-10)11(13,14)15/h1-4H,(H,17,18). The maximum Gasteiger partial charge on any atom is 0.432 e. The number of hydrogen-bond acceptors (Lipinski definition) is 3. The molecule has 1 heterocycles. The Morgan fingerprint density at radius 1 is 1.26 bits per heavy atom. The summed E-state index contributed by atoms with van der Waals surface area (Å²) in [5, 5.41) is 13.5. The van der Waals surface area contributed by atoms with Gasteiger partial charge in [-0.3, -0.25) is 5.10 Å². The zero-order valence-electron chi connectivity index (χ0n) is 9.12. The lowest BCUT2D eigenvalue weighted by atomic mass is 10.2. The van der Waals surface area contributed by atoms with Crippen molar-refractivity contribution in [2.45, 2.75) is 6.18 Å². The smallest absolute Gasteiger partial charge is 0.432 e. The van der Waals surface area contributed by atoms with Crippen LogP contribution in [0.3, 0.4) is 0 Å². The number of halogens is 4. The molecule has 0 amide bonds. The topological polar surface area (TPSA) is 61.7 Å². The van der Waals surface area contributed by atoms with Crippen LogP contribution in [-0.4, -0.2) is 10.2 Å². The van der Waals surface area contributed by atoms with E-state index in [1.165, 1.54) is 6.07 Å². The number of ether oxygens (including phenoxy) is 1. The molecule has 2 aromatic rings. The number of aromatic amines is 1. The normalized spacial score (nSPS) is 11.1. The van der Waals surface area contributed by atoms with Gasteiger partial charge in [0.2, 0.25) is 5.88 Å². The van der Waals surface area contributed by atoms with Crippen molar-refractivity contribution in [3.8, 4) is 17.7 Å². The van der Waals surface area contributed by atoms with Crippen LogP contribution < -0.4 is 4.74 Å². The lowest BCUT2D eigenvalue weighted by Gasteiger charge is -2.03. The predicted octanol–water partition coefficient (Wildman–Crippen LogP) is 3.23. The number of nitrogens with zero attached hydrogens (tertiary/aromatic N) is 2. The van der Waals surface area contributed by atoms with E-state index in [1.54, 1.807) is 11.2 Å². The first-order chi connectivity index (χ1) is 8.90. The molecular weight excluding hydrogens is 266 g/mol. The number of aromatic nitrogens is 2. The molecule has 0 fully saturated rings. The van der Waals surface area contributed by atoms with Crippen molar-refractivity contribution in [1.29, 1.82) is 5.26 Å². The minimum absolute atomic E-state index is 0.0721. The fourth-order valence-electron chi connectivity index (χ4n) is 1.27. The number of nitrogens with one attached hydrogen (secondary N) is 1. The molecule has 98 valence electrons. The molecular formula is C11H5F4N3O. The third-order valence-electron chi connectivity index (χ3n) is 2.14. The highest BCUT2D eigenvalue weighted by Crippen LogP contribution is 2.31. The van der Waals surface area contributed by atoms with Crippen LogP contribution in [0, 0.1) is 17.1 Å². The van der Waals surface area contributed by atoms with Gasteiger partial charge in [0, 0.05) is 6.07 Å². The molecule has 0 saturated heterocycles. The first-order valence-electron chi connectivity index (χ1n) is 4.90. The van der Waals surface area contributed by atoms with Gasteiger partial charge in [0.15, 0.2) is 11.6 Å². The maximum absolute atomic E-state index is 13.4.